The van der Waals surface area contributed by atoms with Crippen LogP contribution < -0.4 is 5.32 Å². The van der Waals surface area contributed by atoms with Crippen LogP contribution in [-0.2, 0) is 4.79 Å². The van der Waals surface area contributed by atoms with Gasteiger partial charge in [-0.15, -0.1) is 0 Å². The third-order valence-corrected chi connectivity index (χ3v) is 5.08. The Morgan fingerprint density at radius 1 is 1.47 bits per heavy atom. The first-order valence-electron chi connectivity index (χ1n) is 7.48. The third kappa shape index (κ3) is 3.48. The zero-order valence-corrected chi connectivity index (χ0v) is 12.5. The van der Waals surface area contributed by atoms with E-state index in [0.29, 0.717) is 12.5 Å². The Hall–Kier alpha value is -0.610. The van der Waals surface area contributed by atoms with Crippen molar-refractivity contribution in [3.63, 3.8) is 0 Å². The van der Waals surface area contributed by atoms with E-state index in [0.717, 1.165) is 19.4 Å². The van der Waals surface area contributed by atoms with Crippen LogP contribution in [0.1, 0.15) is 39.5 Å². The molecule has 2 aliphatic rings. The Labute approximate surface area is 116 Å². The van der Waals surface area contributed by atoms with Gasteiger partial charge in [0.2, 0.25) is 0 Å². The topological polar surface area (TPSA) is 52.6 Å². The zero-order valence-electron chi connectivity index (χ0n) is 12.5. The van der Waals surface area contributed by atoms with E-state index in [1.54, 1.807) is 0 Å². The van der Waals surface area contributed by atoms with Gasteiger partial charge in [-0.05, 0) is 50.6 Å². The Kier molecular flexibility index (Phi) is 4.21. The lowest BCUT2D eigenvalue weighted by atomic mass is 9.74. The third-order valence-electron chi connectivity index (χ3n) is 5.08. The summed E-state index contributed by atoms with van der Waals surface area (Å²) in [7, 11) is 2.19. The number of rotatable bonds is 6. The van der Waals surface area contributed by atoms with Crippen molar-refractivity contribution >= 4 is 5.97 Å². The maximum Gasteiger partial charge on any atom is 0.310 e. The molecule has 1 saturated heterocycles. The summed E-state index contributed by atoms with van der Waals surface area (Å²) in [4.78, 5) is 13.5. The summed E-state index contributed by atoms with van der Waals surface area (Å²) in [5.74, 6) is 0.0777. The number of nitrogens with zero attached hydrogens (tertiary/aromatic N) is 1. The molecule has 1 atom stereocenters. The molecule has 2 rings (SSSR count). The Morgan fingerprint density at radius 3 is 2.68 bits per heavy atom. The first-order valence-corrected chi connectivity index (χ1v) is 7.48. The number of carboxylic acids is 1. The van der Waals surface area contributed by atoms with Crippen LogP contribution in [0.4, 0.5) is 0 Å². The average molecular weight is 268 g/mol. The van der Waals surface area contributed by atoms with Gasteiger partial charge >= 0.3 is 5.97 Å². The minimum Gasteiger partial charge on any atom is -0.481 e. The highest BCUT2D eigenvalue weighted by molar-refractivity contribution is 5.78. The van der Waals surface area contributed by atoms with Crippen LogP contribution in [0.5, 0.6) is 0 Å². The number of hydrogen-bond donors (Lipinski definition) is 2. The second-order valence-corrected chi connectivity index (χ2v) is 7.28. The number of hydrogen-bond acceptors (Lipinski definition) is 3. The molecule has 1 aliphatic heterocycles. The standard InChI is InChI=1S/C15H28N2O2/c1-14(2,12-5-4-8-17(3)9-12)10-16-11-15(6-7-15)13(18)19/h12,16H,4-11H2,1-3H3,(H,18,19). The molecular formula is C15H28N2O2. The first-order chi connectivity index (χ1) is 8.86. The predicted molar refractivity (Wildman–Crippen MR) is 76.2 cm³/mol. The highest BCUT2D eigenvalue weighted by Crippen LogP contribution is 2.45. The van der Waals surface area contributed by atoms with Crippen LogP contribution in [0.15, 0.2) is 0 Å². The molecule has 0 aromatic heterocycles. The van der Waals surface area contributed by atoms with E-state index in [1.807, 2.05) is 0 Å². The lowest BCUT2D eigenvalue weighted by Gasteiger charge is -2.40. The van der Waals surface area contributed by atoms with Gasteiger partial charge in [0, 0.05) is 19.6 Å². The fourth-order valence-electron chi connectivity index (χ4n) is 3.19. The maximum absolute atomic E-state index is 11.1. The summed E-state index contributed by atoms with van der Waals surface area (Å²) < 4.78 is 0. The number of likely N-dealkylation sites (tertiary alicyclic amines) is 1. The van der Waals surface area contributed by atoms with E-state index < -0.39 is 11.4 Å². The molecular weight excluding hydrogens is 240 g/mol. The largest absolute Gasteiger partial charge is 0.481 e. The zero-order chi connectivity index (χ0) is 14.1. The quantitative estimate of drug-likeness (QED) is 0.771. The van der Waals surface area contributed by atoms with Gasteiger partial charge in [-0.3, -0.25) is 4.79 Å². The molecule has 110 valence electrons. The van der Waals surface area contributed by atoms with E-state index >= 15 is 0 Å². The molecule has 4 nitrogen and oxygen atoms in total. The van der Waals surface area contributed by atoms with Crippen molar-refractivity contribution in [3.8, 4) is 0 Å². The van der Waals surface area contributed by atoms with Crippen LogP contribution in [0.3, 0.4) is 0 Å². The number of carbonyl (C=O) groups is 1. The molecule has 4 heteroatoms. The van der Waals surface area contributed by atoms with Crippen molar-refractivity contribution in [2.45, 2.75) is 39.5 Å². The number of nitrogens with one attached hydrogen (secondary N) is 1. The smallest absolute Gasteiger partial charge is 0.310 e. The van der Waals surface area contributed by atoms with Gasteiger partial charge in [-0.2, -0.15) is 0 Å². The molecule has 0 spiro atoms. The Balaban J connectivity index is 1.79. The van der Waals surface area contributed by atoms with Gasteiger partial charge in [-0.25, -0.2) is 0 Å². The Morgan fingerprint density at radius 2 is 2.16 bits per heavy atom. The SMILES string of the molecule is CN1CCCC(C(C)(C)CNCC2(C(=O)O)CC2)C1. The van der Waals surface area contributed by atoms with E-state index in [2.05, 4.69) is 31.1 Å². The molecule has 1 unspecified atom stereocenters. The fourth-order valence-corrected chi connectivity index (χ4v) is 3.19. The summed E-state index contributed by atoms with van der Waals surface area (Å²) in [6.45, 7) is 8.55. The van der Waals surface area contributed by atoms with Gasteiger partial charge in [0.25, 0.3) is 0 Å². The normalized spacial score (nSPS) is 27.2. The summed E-state index contributed by atoms with van der Waals surface area (Å²) >= 11 is 0. The molecule has 1 saturated carbocycles. The molecule has 2 N–H and O–H groups in total. The Bertz CT molecular complexity index is 337. The fraction of sp³-hybridized carbons (Fsp3) is 0.933. The summed E-state index contributed by atoms with van der Waals surface area (Å²) in [5, 5.41) is 12.6. The van der Waals surface area contributed by atoms with Crippen molar-refractivity contribution in [1.82, 2.24) is 10.2 Å². The van der Waals surface area contributed by atoms with E-state index in [4.69, 9.17) is 5.11 Å². The minimum atomic E-state index is -0.629. The van der Waals surface area contributed by atoms with Gasteiger partial charge in [0.15, 0.2) is 0 Å². The highest BCUT2D eigenvalue weighted by Gasteiger charge is 2.50. The number of piperidine rings is 1. The molecule has 0 bridgehead atoms. The van der Waals surface area contributed by atoms with Crippen LogP contribution >= 0.6 is 0 Å². The van der Waals surface area contributed by atoms with Crippen molar-refractivity contribution < 1.29 is 9.90 Å². The summed E-state index contributed by atoms with van der Waals surface area (Å²) in [6, 6.07) is 0. The molecule has 0 aromatic rings. The van der Waals surface area contributed by atoms with Crippen molar-refractivity contribution in [1.29, 1.82) is 0 Å². The number of aliphatic carboxylic acids is 1. The molecule has 2 fully saturated rings. The van der Waals surface area contributed by atoms with Gasteiger partial charge in [0.05, 0.1) is 5.41 Å². The minimum absolute atomic E-state index is 0.239. The van der Waals surface area contributed by atoms with Crippen molar-refractivity contribution in [3.05, 3.63) is 0 Å². The predicted octanol–water partition coefficient (Wildman–Crippen LogP) is 1.81. The van der Waals surface area contributed by atoms with Crippen LogP contribution in [0.25, 0.3) is 0 Å². The number of carboxylic acid groups (broad SMARTS) is 1. The van der Waals surface area contributed by atoms with Crippen LogP contribution in [-0.4, -0.2) is 49.2 Å². The second-order valence-electron chi connectivity index (χ2n) is 7.28. The molecule has 1 aliphatic carbocycles. The maximum atomic E-state index is 11.1. The molecule has 0 radical (unpaired) electrons. The monoisotopic (exact) mass is 268 g/mol. The van der Waals surface area contributed by atoms with E-state index in [-0.39, 0.29) is 5.41 Å². The molecule has 1 heterocycles. The van der Waals surface area contributed by atoms with E-state index in [1.165, 1.54) is 25.9 Å². The molecule has 0 aromatic carbocycles. The van der Waals surface area contributed by atoms with Crippen molar-refractivity contribution in [2.24, 2.45) is 16.7 Å². The molecule has 19 heavy (non-hydrogen) atoms. The van der Waals surface area contributed by atoms with Crippen LogP contribution in [0.2, 0.25) is 0 Å². The lowest BCUT2D eigenvalue weighted by Crippen LogP contribution is -2.45. The highest BCUT2D eigenvalue weighted by atomic mass is 16.4. The summed E-state index contributed by atoms with van der Waals surface area (Å²) in [6.07, 6.45) is 4.25. The van der Waals surface area contributed by atoms with Crippen LogP contribution in [0, 0.1) is 16.7 Å². The summed E-state index contributed by atoms with van der Waals surface area (Å²) in [5.41, 5.74) is -0.206. The van der Waals surface area contributed by atoms with E-state index in [9.17, 15) is 4.79 Å². The lowest BCUT2D eigenvalue weighted by molar-refractivity contribution is -0.143. The average Bonchev–Trinajstić information content (AvgIpc) is 3.10. The van der Waals surface area contributed by atoms with Gasteiger partial charge < -0.3 is 15.3 Å². The first kappa shape index (κ1) is 14.8. The van der Waals surface area contributed by atoms with Crippen molar-refractivity contribution in [2.75, 3.05) is 33.2 Å². The molecule has 0 amide bonds. The van der Waals surface area contributed by atoms with Gasteiger partial charge in [0.1, 0.15) is 0 Å². The second kappa shape index (κ2) is 5.41. The van der Waals surface area contributed by atoms with Gasteiger partial charge in [-0.1, -0.05) is 13.8 Å².